The van der Waals surface area contributed by atoms with Crippen molar-refractivity contribution in [1.82, 2.24) is 10.6 Å². The second-order valence-electron chi connectivity index (χ2n) is 5.80. The van der Waals surface area contributed by atoms with Crippen LogP contribution in [0.1, 0.15) is 31.7 Å². The van der Waals surface area contributed by atoms with Gasteiger partial charge in [0.1, 0.15) is 0 Å². The number of anilines is 1. The molecule has 0 saturated carbocycles. The molecule has 0 fully saturated rings. The SMILES string of the molecule is C[C@H]1CCCCc2ccccc2NCCNC(=O)CNC1=O. The Hall–Kier alpha value is -2.04. The van der Waals surface area contributed by atoms with Gasteiger partial charge in [-0.15, -0.1) is 0 Å². The van der Waals surface area contributed by atoms with Crippen molar-refractivity contribution in [2.24, 2.45) is 5.92 Å². The smallest absolute Gasteiger partial charge is 0.239 e. The lowest BCUT2D eigenvalue weighted by Gasteiger charge is -2.12. The van der Waals surface area contributed by atoms with Crippen molar-refractivity contribution < 1.29 is 9.59 Å². The minimum atomic E-state index is -0.148. The number of rotatable bonds is 0. The molecule has 1 aliphatic rings. The van der Waals surface area contributed by atoms with Gasteiger partial charge in [0.25, 0.3) is 0 Å². The molecule has 0 aliphatic carbocycles. The molecule has 2 amide bonds. The Bertz CT molecular complexity index is 516. The van der Waals surface area contributed by atoms with Gasteiger partial charge in [-0.1, -0.05) is 31.5 Å². The summed E-state index contributed by atoms with van der Waals surface area (Å²) in [6.45, 7) is 3.19. The summed E-state index contributed by atoms with van der Waals surface area (Å²) in [6, 6.07) is 8.27. The van der Waals surface area contributed by atoms with Crippen molar-refractivity contribution in [2.75, 3.05) is 25.0 Å². The van der Waals surface area contributed by atoms with E-state index >= 15 is 0 Å². The fourth-order valence-electron chi connectivity index (χ4n) is 2.61. The van der Waals surface area contributed by atoms with Gasteiger partial charge >= 0.3 is 0 Å². The largest absolute Gasteiger partial charge is 0.383 e. The number of carbonyl (C=O) groups excluding carboxylic acids is 2. The molecule has 0 radical (unpaired) electrons. The van der Waals surface area contributed by atoms with Crippen LogP contribution in [0.15, 0.2) is 24.3 Å². The quantitative estimate of drug-likeness (QED) is 0.683. The summed E-state index contributed by atoms with van der Waals surface area (Å²) in [5.74, 6) is -0.236. The van der Waals surface area contributed by atoms with Crippen molar-refractivity contribution >= 4 is 17.5 Å². The molecule has 1 heterocycles. The van der Waals surface area contributed by atoms with E-state index in [1.165, 1.54) is 5.56 Å². The molecule has 1 atom stereocenters. The number of nitrogens with one attached hydrogen (secondary N) is 3. The summed E-state index contributed by atoms with van der Waals surface area (Å²) in [5.41, 5.74) is 2.43. The molecule has 0 aromatic heterocycles. The highest BCUT2D eigenvalue weighted by molar-refractivity contribution is 5.85. The number of fused-ring (bicyclic) bond motifs is 1. The fraction of sp³-hybridized carbons (Fsp3) is 0.529. The summed E-state index contributed by atoms with van der Waals surface area (Å²) in [4.78, 5) is 23.6. The fourth-order valence-corrected chi connectivity index (χ4v) is 2.61. The first kappa shape index (κ1) is 16.3. The number of hydrogen-bond acceptors (Lipinski definition) is 3. The van der Waals surface area contributed by atoms with Crippen LogP contribution in [0.5, 0.6) is 0 Å². The van der Waals surface area contributed by atoms with Crippen LogP contribution in [0.2, 0.25) is 0 Å². The lowest BCUT2D eigenvalue weighted by atomic mass is 9.99. The monoisotopic (exact) mass is 303 g/mol. The number of amides is 2. The van der Waals surface area contributed by atoms with Crippen molar-refractivity contribution in [1.29, 1.82) is 0 Å². The van der Waals surface area contributed by atoms with Crippen LogP contribution in [-0.2, 0) is 16.0 Å². The van der Waals surface area contributed by atoms with E-state index in [1.807, 2.05) is 19.1 Å². The third-order valence-electron chi connectivity index (χ3n) is 3.98. The standard InChI is InChI=1S/C17H25N3O2/c1-13-6-2-3-7-14-8-4-5-9-15(14)18-10-11-19-16(21)12-20-17(13)22/h4-5,8-9,13,18H,2-3,6-7,10-12H2,1H3,(H,19,21)(H,20,22)/t13-/m0/s1. The Labute approximate surface area is 131 Å². The van der Waals surface area contributed by atoms with Crippen molar-refractivity contribution in [2.45, 2.75) is 32.6 Å². The second kappa shape index (κ2) is 8.41. The first-order valence-corrected chi connectivity index (χ1v) is 8.03. The molecule has 5 heteroatoms. The Kier molecular flexibility index (Phi) is 6.25. The van der Waals surface area contributed by atoms with E-state index in [0.29, 0.717) is 13.1 Å². The zero-order valence-electron chi connectivity index (χ0n) is 13.2. The Morgan fingerprint density at radius 3 is 2.64 bits per heavy atom. The number of hydrogen-bond donors (Lipinski definition) is 3. The number of carbonyl (C=O) groups is 2. The molecule has 1 aliphatic heterocycles. The first-order valence-electron chi connectivity index (χ1n) is 8.03. The van der Waals surface area contributed by atoms with E-state index in [-0.39, 0.29) is 24.3 Å². The Balaban J connectivity index is 2.00. The van der Waals surface area contributed by atoms with Crippen molar-refractivity contribution in [3.63, 3.8) is 0 Å². The van der Waals surface area contributed by atoms with E-state index in [9.17, 15) is 9.59 Å². The minimum absolute atomic E-state index is 0.0384. The summed E-state index contributed by atoms with van der Waals surface area (Å²) in [7, 11) is 0. The molecule has 22 heavy (non-hydrogen) atoms. The van der Waals surface area contributed by atoms with E-state index in [4.69, 9.17) is 0 Å². The van der Waals surface area contributed by atoms with Crippen LogP contribution in [0.4, 0.5) is 5.69 Å². The third kappa shape index (κ3) is 5.06. The lowest BCUT2D eigenvalue weighted by molar-refractivity contribution is -0.128. The van der Waals surface area contributed by atoms with Crippen LogP contribution >= 0.6 is 0 Å². The lowest BCUT2D eigenvalue weighted by Crippen LogP contribution is -2.40. The normalized spacial score (nSPS) is 21.4. The van der Waals surface area contributed by atoms with Crippen LogP contribution < -0.4 is 16.0 Å². The van der Waals surface area contributed by atoms with E-state index in [1.54, 1.807) is 0 Å². The summed E-state index contributed by atoms with van der Waals surface area (Å²) in [5, 5.41) is 8.87. The average molecular weight is 303 g/mol. The van der Waals surface area contributed by atoms with Crippen LogP contribution in [0.25, 0.3) is 0 Å². The molecule has 0 saturated heterocycles. The van der Waals surface area contributed by atoms with Gasteiger partial charge in [-0.05, 0) is 30.9 Å². The molecule has 0 unspecified atom stereocenters. The van der Waals surface area contributed by atoms with Crippen LogP contribution in [0, 0.1) is 5.92 Å². The highest BCUT2D eigenvalue weighted by Gasteiger charge is 2.14. The maximum absolute atomic E-state index is 11.9. The van der Waals surface area contributed by atoms with Gasteiger partial charge < -0.3 is 16.0 Å². The molecule has 120 valence electrons. The zero-order chi connectivity index (χ0) is 15.8. The van der Waals surface area contributed by atoms with Gasteiger partial charge in [0.05, 0.1) is 6.54 Å². The molecular weight excluding hydrogens is 278 g/mol. The van der Waals surface area contributed by atoms with Gasteiger partial charge in [-0.2, -0.15) is 0 Å². The van der Waals surface area contributed by atoms with Gasteiger partial charge in [-0.3, -0.25) is 9.59 Å². The minimum Gasteiger partial charge on any atom is -0.383 e. The molecule has 3 N–H and O–H groups in total. The van der Waals surface area contributed by atoms with E-state index < -0.39 is 0 Å². The van der Waals surface area contributed by atoms with E-state index in [0.717, 1.165) is 31.4 Å². The number of para-hydroxylation sites is 1. The summed E-state index contributed by atoms with van der Waals surface area (Å²) in [6.07, 6.45) is 3.93. The third-order valence-corrected chi connectivity index (χ3v) is 3.98. The number of aryl methyl sites for hydroxylation is 1. The molecular formula is C17H25N3O2. The molecule has 0 bridgehead atoms. The van der Waals surface area contributed by atoms with Crippen molar-refractivity contribution in [3.8, 4) is 0 Å². The molecule has 5 nitrogen and oxygen atoms in total. The van der Waals surface area contributed by atoms with E-state index in [2.05, 4.69) is 28.1 Å². The first-order chi connectivity index (χ1) is 10.7. The molecule has 1 aromatic rings. The zero-order valence-corrected chi connectivity index (χ0v) is 13.2. The predicted molar refractivity (Wildman–Crippen MR) is 87.7 cm³/mol. The Morgan fingerprint density at radius 1 is 1.00 bits per heavy atom. The van der Waals surface area contributed by atoms with Gasteiger partial charge in [0.2, 0.25) is 11.8 Å². The van der Waals surface area contributed by atoms with Gasteiger partial charge in [-0.25, -0.2) is 0 Å². The maximum atomic E-state index is 11.9. The molecule has 2 rings (SSSR count). The molecule has 0 spiro atoms. The highest BCUT2D eigenvalue weighted by atomic mass is 16.2. The Morgan fingerprint density at radius 2 is 1.77 bits per heavy atom. The van der Waals surface area contributed by atoms with Gasteiger partial charge in [0.15, 0.2) is 0 Å². The highest BCUT2D eigenvalue weighted by Crippen LogP contribution is 2.18. The second-order valence-corrected chi connectivity index (χ2v) is 5.80. The van der Waals surface area contributed by atoms with Gasteiger partial charge in [0, 0.05) is 24.7 Å². The maximum Gasteiger partial charge on any atom is 0.239 e. The van der Waals surface area contributed by atoms with Crippen LogP contribution in [0.3, 0.4) is 0 Å². The topological polar surface area (TPSA) is 70.2 Å². The predicted octanol–water partition coefficient (Wildman–Crippen LogP) is 1.69. The van der Waals surface area contributed by atoms with Crippen LogP contribution in [-0.4, -0.2) is 31.4 Å². The number of benzene rings is 1. The molecule has 1 aromatic carbocycles. The summed E-state index contributed by atoms with van der Waals surface area (Å²) >= 11 is 0. The summed E-state index contributed by atoms with van der Waals surface area (Å²) < 4.78 is 0. The average Bonchev–Trinajstić information content (AvgIpc) is 2.53. The van der Waals surface area contributed by atoms with Crippen molar-refractivity contribution in [3.05, 3.63) is 29.8 Å².